The van der Waals surface area contributed by atoms with Crippen LogP contribution in [0.1, 0.15) is 0 Å². The van der Waals surface area contributed by atoms with E-state index >= 15 is 0 Å². The third-order valence-electron chi connectivity index (χ3n) is 8.66. The van der Waals surface area contributed by atoms with Gasteiger partial charge in [0.15, 0.2) is 0 Å². The number of benzene rings is 6. The van der Waals surface area contributed by atoms with E-state index in [9.17, 15) is 0 Å². The summed E-state index contributed by atoms with van der Waals surface area (Å²) >= 11 is 0. The highest BCUT2D eigenvalue weighted by atomic mass is 28.5. The summed E-state index contributed by atoms with van der Waals surface area (Å²) < 4.78 is 17.0. The van der Waals surface area contributed by atoms with Crippen LogP contribution in [-0.2, 0) is 0 Å². The normalized spacial score (nSPS) is 14.9. The van der Waals surface area contributed by atoms with Crippen LogP contribution < -0.4 is 38.7 Å². The number of rotatable bonds is 8. The molecule has 0 radical (unpaired) electrons. The first-order chi connectivity index (χ1) is 21.7. The number of nitrogens with zero attached hydrogens (tertiary/aromatic N) is 2. The second-order valence-electron chi connectivity index (χ2n) is 10.9. The summed E-state index contributed by atoms with van der Waals surface area (Å²) in [5.41, 5.74) is 2.38. The molecule has 0 amide bonds. The molecule has 1 aliphatic rings. The second-order valence-corrected chi connectivity index (χ2v) is 18.6. The van der Waals surface area contributed by atoms with Crippen molar-refractivity contribution in [3.05, 3.63) is 170 Å². The van der Waals surface area contributed by atoms with Crippen LogP contribution in [-0.4, -0.2) is 31.0 Å². The van der Waals surface area contributed by atoms with Crippen molar-refractivity contribution in [2.75, 3.05) is 22.7 Å². The van der Waals surface area contributed by atoms with Gasteiger partial charge in [0, 0.05) is 11.4 Å². The zero-order valence-corrected chi connectivity index (χ0v) is 26.9. The molecule has 216 valence electrons. The number of methoxy groups -OCH3 is 2. The van der Waals surface area contributed by atoms with Crippen molar-refractivity contribution in [3.8, 4) is 11.5 Å². The fraction of sp³-hybridized carbons (Fsp3) is 0.0526. The first-order valence-corrected chi connectivity index (χ1v) is 18.6. The summed E-state index contributed by atoms with van der Waals surface area (Å²) in [7, 11) is -2.44. The molecule has 1 fully saturated rings. The number of ether oxygens (including phenoxy) is 2. The molecule has 0 atom stereocenters. The Morgan fingerprint density at radius 3 is 0.818 bits per heavy atom. The Morgan fingerprint density at radius 2 is 0.591 bits per heavy atom. The van der Waals surface area contributed by atoms with Crippen LogP contribution >= 0.6 is 0 Å². The molecule has 0 spiro atoms. The molecule has 6 aromatic rings. The van der Waals surface area contributed by atoms with Crippen LogP contribution in [0.2, 0.25) is 0 Å². The van der Waals surface area contributed by atoms with E-state index in [1.54, 1.807) is 14.2 Å². The van der Waals surface area contributed by atoms with Gasteiger partial charge in [0.1, 0.15) is 11.5 Å². The second kappa shape index (κ2) is 11.6. The van der Waals surface area contributed by atoms with E-state index in [1.807, 2.05) is 0 Å². The van der Waals surface area contributed by atoms with Gasteiger partial charge in [0.2, 0.25) is 0 Å². The van der Waals surface area contributed by atoms with E-state index in [0.29, 0.717) is 0 Å². The van der Waals surface area contributed by atoms with Gasteiger partial charge in [0.25, 0.3) is 0 Å². The van der Waals surface area contributed by atoms with Crippen molar-refractivity contribution in [2.45, 2.75) is 0 Å². The molecule has 7 rings (SSSR count). The Labute approximate surface area is 261 Å². The molecule has 0 N–H and O–H groups in total. The van der Waals surface area contributed by atoms with Crippen molar-refractivity contribution in [3.63, 3.8) is 0 Å². The van der Waals surface area contributed by atoms with Crippen LogP contribution in [0.25, 0.3) is 0 Å². The minimum absolute atomic E-state index is 0.847. The molecule has 1 saturated heterocycles. The minimum atomic E-state index is -2.94. The summed E-state index contributed by atoms with van der Waals surface area (Å²) in [6.07, 6.45) is 0. The maximum atomic E-state index is 5.64. The molecule has 0 unspecified atom stereocenters. The van der Waals surface area contributed by atoms with Crippen molar-refractivity contribution >= 4 is 48.9 Å². The lowest BCUT2D eigenvalue weighted by atomic mass is 10.3. The monoisotopic (exact) mass is 606 g/mol. The molecule has 1 heterocycles. The lowest BCUT2D eigenvalue weighted by molar-refractivity contribution is 0.415. The molecule has 44 heavy (non-hydrogen) atoms. The highest BCUT2D eigenvalue weighted by Crippen LogP contribution is 2.45. The maximum Gasteiger partial charge on any atom is 0.318 e. The third kappa shape index (κ3) is 4.18. The first kappa shape index (κ1) is 27.8. The standard InChI is InChI=1S/C38H34N2O2Si2/c1-41-33-27-23-31(24-28-33)39-43(35-15-7-3-8-16-35,36-17-9-4-10-18-36)40(32-25-29-34(42-2)30-26-32)44(39,37-19-11-5-12-20-37)38-21-13-6-14-22-38/h3-30H,1-2H3. The predicted molar refractivity (Wildman–Crippen MR) is 187 cm³/mol. The van der Waals surface area contributed by atoms with Crippen molar-refractivity contribution < 1.29 is 9.47 Å². The summed E-state index contributed by atoms with van der Waals surface area (Å²) in [6, 6.07) is 61.8. The predicted octanol–water partition coefficient (Wildman–Crippen LogP) is 5.54. The van der Waals surface area contributed by atoms with Crippen LogP contribution in [0.5, 0.6) is 11.5 Å². The Kier molecular flexibility index (Phi) is 7.30. The zero-order chi connectivity index (χ0) is 30.0. The van der Waals surface area contributed by atoms with E-state index in [1.165, 1.54) is 32.1 Å². The van der Waals surface area contributed by atoms with E-state index < -0.39 is 16.8 Å². The lowest BCUT2D eigenvalue weighted by Gasteiger charge is -2.73. The number of hydrogen-bond acceptors (Lipinski definition) is 4. The Bertz CT molecular complexity index is 1590. The van der Waals surface area contributed by atoms with Gasteiger partial charge in [-0.15, -0.1) is 0 Å². The Morgan fingerprint density at radius 1 is 0.341 bits per heavy atom. The molecule has 0 bridgehead atoms. The van der Waals surface area contributed by atoms with Crippen LogP contribution in [0.3, 0.4) is 0 Å². The number of anilines is 2. The molecule has 1 aliphatic heterocycles. The SMILES string of the molecule is COc1ccc(N2[Si](c3ccccc3)(c3ccccc3)N(c3ccc(OC)cc3)[Si]2(c2ccccc2)c2ccccc2)cc1. The van der Waals surface area contributed by atoms with Gasteiger partial charge < -0.3 is 17.9 Å². The van der Waals surface area contributed by atoms with Gasteiger partial charge in [-0.05, 0) is 69.3 Å². The van der Waals surface area contributed by atoms with Crippen LogP contribution in [0, 0.1) is 0 Å². The molecular weight excluding hydrogens is 573 g/mol. The van der Waals surface area contributed by atoms with Gasteiger partial charge >= 0.3 is 16.8 Å². The van der Waals surface area contributed by atoms with Crippen LogP contribution in [0.15, 0.2) is 170 Å². The molecule has 6 heteroatoms. The van der Waals surface area contributed by atoms with Gasteiger partial charge in [-0.25, -0.2) is 0 Å². The number of hydrogen-bond donors (Lipinski definition) is 0. The largest absolute Gasteiger partial charge is 0.497 e. The average molecular weight is 607 g/mol. The molecule has 0 aliphatic carbocycles. The summed E-state index contributed by atoms with van der Waals surface area (Å²) in [5, 5.41) is 5.31. The summed E-state index contributed by atoms with van der Waals surface area (Å²) in [5.74, 6) is 1.69. The summed E-state index contributed by atoms with van der Waals surface area (Å²) in [4.78, 5) is 0. The maximum absolute atomic E-state index is 5.64. The van der Waals surface area contributed by atoms with Gasteiger partial charge in [-0.3, -0.25) is 0 Å². The fourth-order valence-electron chi connectivity index (χ4n) is 6.88. The minimum Gasteiger partial charge on any atom is -0.497 e. The van der Waals surface area contributed by atoms with Crippen molar-refractivity contribution in [1.82, 2.24) is 0 Å². The van der Waals surface area contributed by atoms with Gasteiger partial charge in [-0.2, -0.15) is 0 Å². The third-order valence-corrected chi connectivity index (χ3v) is 20.7. The van der Waals surface area contributed by atoms with E-state index in [0.717, 1.165) is 11.5 Å². The molecule has 6 aromatic carbocycles. The quantitative estimate of drug-likeness (QED) is 0.213. The highest BCUT2D eigenvalue weighted by Gasteiger charge is 2.74. The molecule has 0 aromatic heterocycles. The Hall–Kier alpha value is -5.05. The summed E-state index contributed by atoms with van der Waals surface area (Å²) in [6.45, 7) is 0. The molecule has 0 saturated carbocycles. The fourth-order valence-corrected chi connectivity index (χ4v) is 22.1. The topological polar surface area (TPSA) is 24.9 Å². The van der Waals surface area contributed by atoms with Gasteiger partial charge in [0.05, 0.1) is 14.2 Å². The van der Waals surface area contributed by atoms with Gasteiger partial charge in [-0.1, -0.05) is 121 Å². The van der Waals surface area contributed by atoms with Crippen LogP contribution in [0.4, 0.5) is 11.4 Å². The van der Waals surface area contributed by atoms with Crippen molar-refractivity contribution in [1.29, 1.82) is 0 Å². The molecular formula is C38H34N2O2Si2. The van der Waals surface area contributed by atoms with E-state index in [4.69, 9.17) is 9.47 Å². The zero-order valence-electron chi connectivity index (χ0n) is 24.9. The Balaban J connectivity index is 1.66. The lowest BCUT2D eigenvalue weighted by Crippen LogP contribution is -3.07. The smallest absolute Gasteiger partial charge is 0.318 e. The highest BCUT2D eigenvalue weighted by molar-refractivity contribution is 7.38. The van der Waals surface area contributed by atoms with Crippen molar-refractivity contribution in [2.24, 2.45) is 0 Å². The van der Waals surface area contributed by atoms with E-state index in [-0.39, 0.29) is 0 Å². The van der Waals surface area contributed by atoms with E-state index in [2.05, 4.69) is 178 Å². The first-order valence-electron chi connectivity index (χ1n) is 14.9. The molecule has 4 nitrogen and oxygen atoms in total. The average Bonchev–Trinajstić information content (AvgIpc) is 3.10.